The summed E-state index contributed by atoms with van der Waals surface area (Å²) in [5.41, 5.74) is 0.977. The van der Waals surface area contributed by atoms with Crippen LogP contribution in [-0.4, -0.2) is 35.0 Å². The maximum atomic E-state index is 12.4. The van der Waals surface area contributed by atoms with Crippen LogP contribution in [-0.2, 0) is 9.59 Å². The van der Waals surface area contributed by atoms with Crippen LogP contribution in [0, 0.1) is 5.92 Å². The Balaban J connectivity index is 2.05. The van der Waals surface area contributed by atoms with Crippen LogP contribution in [0.2, 0.25) is 0 Å². The number of carbonyl (C=O) groups excluding carboxylic acids is 1. The zero-order chi connectivity index (χ0) is 13.8. The summed E-state index contributed by atoms with van der Waals surface area (Å²) in [5, 5.41) is 9.06. The molecule has 2 atom stereocenters. The molecule has 1 aromatic carbocycles. The van der Waals surface area contributed by atoms with Crippen LogP contribution >= 0.6 is 0 Å². The normalized spacial score (nSPS) is 20.9. The maximum Gasteiger partial charge on any atom is 0.308 e. The fourth-order valence-electron chi connectivity index (χ4n) is 2.54. The minimum atomic E-state index is -0.801. The number of piperidine rings is 1. The maximum absolute atomic E-state index is 12.4. The number of rotatable bonds is 3. The van der Waals surface area contributed by atoms with Gasteiger partial charge in [-0.05, 0) is 25.3 Å². The Morgan fingerprint density at radius 2 is 2.00 bits per heavy atom. The van der Waals surface area contributed by atoms with Gasteiger partial charge in [-0.15, -0.1) is 0 Å². The van der Waals surface area contributed by atoms with Crippen LogP contribution in [0.25, 0.3) is 0 Å². The Kier molecular flexibility index (Phi) is 4.20. The third kappa shape index (κ3) is 3.13. The Morgan fingerprint density at radius 1 is 1.32 bits per heavy atom. The average Bonchev–Trinajstić information content (AvgIpc) is 2.46. The van der Waals surface area contributed by atoms with E-state index in [4.69, 9.17) is 5.11 Å². The van der Waals surface area contributed by atoms with Gasteiger partial charge >= 0.3 is 5.97 Å². The number of benzene rings is 1. The first-order valence-electron chi connectivity index (χ1n) is 6.66. The molecule has 0 aliphatic carbocycles. The van der Waals surface area contributed by atoms with Crippen molar-refractivity contribution in [1.29, 1.82) is 0 Å². The van der Waals surface area contributed by atoms with Gasteiger partial charge in [0.05, 0.1) is 11.8 Å². The van der Waals surface area contributed by atoms with Crippen LogP contribution in [0.4, 0.5) is 0 Å². The van der Waals surface area contributed by atoms with Gasteiger partial charge in [-0.3, -0.25) is 9.59 Å². The molecule has 4 nitrogen and oxygen atoms in total. The lowest BCUT2D eigenvalue weighted by atomic mass is 9.94. The van der Waals surface area contributed by atoms with E-state index in [2.05, 4.69) is 0 Å². The summed E-state index contributed by atoms with van der Waals surface area (Å²) in [7, 11) is 0. The summed E-state index contributed by atoms with van der Waals surface area (Å²) in [4.78, 5) is 25.1. The Labute approximate surface area is 113 Å². The molecule has 1 unspecified atom stereocenters. The van der Waals surface area contributed by atoms with Crippen molar-refractivity contribution in [2.75, 3.05) is 13.1 Å². The largest absolute Gasteiger partial charge is 0.481 e. The second kappa shape index (κ2) is 5.87. The molecule has 0 saturated carbocycles. The summed E-state index contributed by atoms with van der Waals surface area (Å²) in [6.45, 7) is 2.88. The van der Waals surface area contributed by atoms with Crippen molar-refractivity contribution in [1.82, 2.24) is 4.90 Å². The highest BCUT2D eigenvalue weighted by atomic mass is 16.4. The van der Waals surface area contributed by atoms with Crippen LogP contribution in [0.3, 0.4) is 0 Å². The molecule has 0 radical (unpaired) electrons. The van der Waals surface area contributed by atoms with E-state index in [9.17, 15) is 9.59 Å². The predicted molar refractivity (Wildman–Crippen MR) is 71.8 cm³/mol. The van der Waals surface area contributed by atoms with Crippen LogP contribution < -0.4 is 0 Å². The fraction of sp³-hybridized carbons (Fsp3) is 0.467. The van der Waals surface area contributed by atoms with E-state index >= 15 is 0 Å². The second-order valence-corrected chi connectivity index (χ2v) is 5.09. The molecule has 1 aliphatic rings. The zero-order valence-electron chi connectivity index (χ0n) is 11.1. The van der Waals surface area contributed by atoms with Crippen molar-refractivity contribution in [2.24, 2.45) is 5.92 Å². The molecule has 0 spiro atoms. The molecule has 1 heterocycles. The number of nitrogens with zero attached hydrogens (tertiary/aromatic N) is 1. The van der Waals surface area contributed by atoms with Gasteiger partial charge in [-0.25, -0.2) is 0 Å². The first kappa shape index (κ1) is 13.6. The summed E-state index contributed by atoms with van der Waals surface area (Å²) < 4.78 is 0. The molecule has 102 valence electrons. The third-order valence-corrected chi connectivity index (χ3v) is 3.75. The summed E-state index contributed by atoms with van der Waals surface area (Å²) >= 11 is 0. The van der Waals surface area contributed by atoms with E-state index in [0.29, 0.717) is 19.5 Å². The third-order valence-electron chi connectivity index (χ3n) is 3.75. The molecule has 1 amide bonds. The van der Waals surface area contributed by atoms with E-state index in [1.54, 1.807) is 4.90 Å². The van der Waals surface area contributed by atoms with Crippen LogP contribution in [0.5, 0.6) is 0 Å². The highest BCUT2D eigenvalue weighted by molar-refractivity contribution is 5.84. The first-order chi connectivity index (χ1) is 9.09. The van der Waals surface area contributed by atoms with Gasteiger partial charge in [0.1, 0.15) is 0 Å². The Morgan fingerprint density at radius 3 is 2.63 bits per heavy atom. The molecule has 1 N–H and O–H groups in total. The lowest BCUT2D eigenvalue weighted by molar-refractivity contribution is -0.146. The van der Waals surface area contributed by atoms with Gasteiger partial charge in [0, 0.05) is 13.1 Å². The molecule has 1 aliphatic heterocycles. The van der Waals surface area contributed by atoms with E-state index < -0.39 is 11.9 Å². The molecule has 2 rings (SSSR count). The molecule has 1 saturated heterocycles. The Hall–Kier alpha value is -1.84. The molecule has 0 bridgehead atoms. The van der Waals surface area contributed by atoms with E-state index in [1.165, 1.54) is 0 Å². The second-order valence-electron chi connectivity index (χ2n) is 5.09. The fourth-order valence-corrected chi connectivity index (χ4v) is 2.54. The van der Waals surface area contributed by atoms with Gasteiger partial charge in [0.25, 0.3) is 0 Å². The number of carboxylic acid groups (broad SMARTS) is 1. The number of hydrogen-bond acceptors (Lipinski definition) is 2. The van der Waals surface area contributed by atoms with E-state index in [0.717, 1.165) is 12.0 Å². The molecule has 4 heteroatoms. The van der Waals surface area contributed by atoms with Gasteiger partial charge in [0.15, 0.2) is 0 Å². The van der Waals surface area contributed by atoms with Crippen molar-refractivity contribution < 1.29 is 14.7 Å². The van der Waals surface area contributed by atoms with Crippen molar-refractivity contribution in [3.05, 3.63) is 35.9 Å². The van der Waals surface area contributed by atoms with Gasteiger partial charge in [-0.1, -0.05) is 30.3 Å². The smallest absolute Gasteiger partial charge is 0.308 e. The zero-order valence-corrected chi connectivity index (χ0v) is 11.1. The van der Waals surface area contributed by atoms with Crippen LogP contribution in [0.15, 0.2) is 30.3 Å². The monoisotopic (exact) mass is 261 g/mol. The minimum Gasteiger partial charge on any atom is -0.481 e. The molecular weight excluding hydrogens is 242 g/mol. The predicted octanol–water partition coefficient (Wildman–Crippen LogP) is 2.11. The quantitative estimate of drug-likeness (QED) is 0.906. The summed E-state index contributed by atoms with van der Waals surface area (Å²) in [6.07, 6.45) is 1.43. The lowest BCUT2D eigenvalue weighted by Gasteiger charge is -2.32. The van der Waals surface area contributed by atoms with Gasteiger partial charge < -0.3 is 10.0 Å². The van der Waals surface area contributed by atoms with Crippen molar-refractivity contribution in [2.45, 2.75) is 25.7 Å². The number of likely N-dealkylation sites (tertiary alicyclic amines) is 1. The SMILES string of the molecule is CC(C(=O)N1CCC[C@H](C(=O)O)C1)c1ccccc1. The van der Waals surface area contributed by atoms with Crippen molar-refractivity contribution in [3.8, 4) is 0 Å². The lowest BCUT2D eigenvalue weighted by Crippen LogP contribution is -2.43. The minimum absolute atomic E-state index is 0.0251. The molecule has 1 aromatic rings. The average molecular weight is 261 g/mol. The van der Waals surface area contributed by atoms with E-state index in [-0.39, 0.29) is 11.8 Å². The van der Waals surface area contributed by atoms with Crippen LogP contribution in [0.1, 0.15) is 31.2 Å². The number of carboxylic acids is 1. The van der Waals surface area contributed by atoms with Gasteiger partial charge in [0.2, 0.25) is 5.91 Å². The topological polar surface area (TPSA) is 57.6 Å². The van der Waals surface area contributed by atoms with Gasteiger partial charge in [-0.2, -0.15) is 0 Å². The van der Waals surface area contributed by atoms with Crippen molar-refractivity contribution in [3.63, 3.8) is 0 Å². The van der Waals surface area contributed by atoms with E-state index in [1.807, 2.05) is 37.3 Å². The Bertz CT molecular complexity index is 458. The summed E-state index contributed by atoms with van der Waals surface area (Å²) in [5.74, 6) is -1.41. The summed E-state index contributed by atoms with van der Waals surface area (Å²) in [6, 6.07) is 9.61. The highest BCUT2D eigenvalue weighted by Gasteiger charge is 2.30. The number of aliphatic carboxylic acids is 1. The molecular formula is C15H19NO3. The molecule has 19 heavy (non-hydrogen) atoms. The molecule has 1 fully saturated rings. The standard InChI is InChI=1S/C15H19NO3/c1-11(12-6-3-2-4-7-12)14(17)16-9-5-8-13(10-16)15(18)19/h2-4,6-7,11,13H,5,8-10H2,1H3,(H,18,19)/t11?,13-/m0/s1. The number of carbonyl (C=O) groups is 2. The highest BCUT2D eigenvalue weighted by Crippen LogP contribution is 2.22. The van der Waals surface area contributed by atoms with Crippen molar-refractivity contribution >= 4 is 11.9 Å². The first-order valence-corrected chi connectivity index (χ1v) is 6.66. The molecule has 0 aromatic heterocycles. The number of hydrogen-bond donors (Lipinski definition) is 1. The number of amides is 1.